The molecule has 0 amide bonds. The average molecular weight is 324 g/mol. The molecular formula is C12H16N6O3S. The lowest BCUT2D eigenvalue weighted by Gasteiger charge is -2.08. The molecule has 22 heavy (non-hydrogen) atoms. The highest BCUT2D eigenvalue weighted by molar-refractivity contribution is 7.85. The van der Waals surface area contributed by atoms with Crippen molar-refractivity contribution in [3.8, 4) is 0 Å². The predicted molar refractivity (Wildman–Crippen MR) is 81.2 cm³/mol. The molecule has 10 heteroatoms. The van der Waals surface area contributed by atoms with Crippen LogP contribution in [0.25, 0.3) is 0 Å². The Balaban J connectivity index is 2.25. The van der Waals surface area contributed by atoms with Crippen molar-refractivity contribution < 1.29 is 13.0 Å². The topological polar surface area (TPSA) is 143 Å². The molecule has 0 bridgehead atoms. The van der Waals surface area contributed by atoms with Crippen molar-refractivity contribution in [3.63, 3.8) is 0 Å². The molecule has 0 saturated heterocycles. The highest BCUT2D eigenvalue weighted by Crippen LogP contribution is 2.18. The highest BCUT2D eigenvalue weighted by Gasteiger charge is 2.10. The summed E-state index contributed by atoms with van der Waals surface area (Å²) in [6.45, 7) is 3.14. The lowest BCUT2D eigenvalue weighted by molar-refractivity contribution is 0.483. The summed E-state index contributed by atoms with van der Waals surface area (Å²) >= 11 is 0. The summed E-state index contributed by atoms with van der Waals surface area (Å²) < 4.78 is 31.3. The molecule has 0 atom stereocenters. The molecule has 1 aromatic carbocycles. The Hall–Kier alpha value is -2.30. The molecule has 2 rings (SSSR count). The van der Waals surface area contributed by atoms with E-state index in [4.69, 9.17) is 10.3 Å². The first-order valence-electron chi connectivity index (χ1n) is 6.44. The second kappa shape index (κ2) is 6.64. The first-order chi connectivity index (χ1) is 10.4. The van der Waals surface area contributed by atoms with Gasteiger partial charge in [-0.1, -0.05) is 13.0 Å². The quantitative estimate of drug-likeness (QED) is 0.560. The van der Waals surface area contributed by atoms with E-state index in [2.05, 4.69) is 25.6 Å². The fraction of sp³-hybridized carbons (Fsp3) is 0.250. The molecule has 0 aliphatic carbocycles. The summed E-state index contributed by atoms with van der Waals surface area (Å²) in [5, 5.41) is 5.89. The molecule has 1 aromatic heterocycles. The Labute approximate surface area is 127 Å². The molecule has 0 aliphatic heterocycles. The molecule has 0 saturated carbocycles. The van der Waals surface area contributed by atoms with E-state index in [0.29, 0.717) is 18.1 Å². The van der Waals surface area contributed by atoms with Gasteiger partial charge in [0, 0.05) is 5.69 Å². The summed E-state index contributed by atoms with van der Waals surface area (Å²) in [4.78, 5) is 11.9. The number of aromatic nitrogens is 3. The fourth-order valence-corrected chi connectivity index (χ4v) is 2.20. The third-order valence-corrected chi connectivity index (χ3v) is 3.47. The van der Waals surface area contributed by atoms with E-state index in [9.17, 15) is 8.42 Å². The normalized spacial score (nSPS) is 11.4. The maximum Gasteiger partial charge on any atom is 0.294 e. The van der Waals surface area contributed by atoms with Crippen molar-refractivity contribution in [2.24, 2.45) is 0 Å². The zero-order chi connectivity index (χ0) is 16.2. The van der Waals surface area contributed by atoms with Crippen LogP contribution in [0, 0.1) is 0 Å². The standard InChI is InChI=1S/C12H16N6O3S/c1-2-14-7-10-16-11(13)18-12(17-10)15-8-4-3-5-9(6-8)22(19,20)21/h3-6,14H,2,7H2,1H3,(H,19,20,21)(H3,13,15,16,17,18). The van der Waals surface area contributed by atoms with E-state index in [1.165, 1.54) is 18.2 Å². The van der Waals surface area contributed by atoms with Crippen molar-refractivity contribution in [3.05, 3.63) is 30.1 Å². The van der Waals surface area contributed by atoms with Gasteiger partial charge >= 0.3 is 0 Å². The minimum Gasteiger partial charge on any atom is -0.368 e. The molecule has 5 N–H and O–H groups in total. The van der Waals surface area contributed by atoms with Crippen LogP contribution < -0.4 is 16.4 Å². The number of benzene rings is 1. The van der Waals surface area contributed by atoms with Gasteiger partial charge in [0.1, 0.15) is 5.82 Å². The van der Waals surface area contributed by atoms with Gasteiger partial charge in [0.2, 0.25) is 11.9 Å². The Kier molecular flexibility index (Phi) is 4.85. The molecule has 1 heterocycles. The van der Waals surface area contributed by atoms with E-state index in [1.54, 1.807) is 6.07 Å². The minimum absolute atomic E-state index is 0.0522. The molecule has 2 aromatic rings. The van der Waals surface area contributed by atoms with Crippen molar-refractivity contribution in [2.75, 3.05) is 17.6 Å². The monoisotopic (exact) mass is 324 g/mol. The van der Waals surface area contributed by atoms with Crippen LogP contribution in [0.1, 0.15) is 12.7 Å². The van der Waals surface area contributed by atoms with Gasteiger partial charge in [-0.25, -0.2) is 0 Å². The van der Waals surface area contributed by atoms with Gasteiger partial charge in [-0.3, -0.25) is 4.55 Å². The maximum atomic E-state index is 11.1. The first-order valence-corrected chi connectivity index (χ1v) is 7.88. The van der Waals surface area contributed by atoms with Crippen molar-refractivity contribution in [1.29, 1.82) is 0 Å². The molecule has 0 unspecified atom stereocenters. The Morgan fingerprint density at radius 3 is 2.73 bits per heavy atom. The Bertz CT molecular complexity index is 765. The molecular weight excluding hydrogens is 308 g/mol. The molecule has 0 aliphatic rings. The average Bonchev–Trinajstić information content (AvgIpc) is 2.44. The third kappa shape index (κ3) is 4.35. The van der Waals surface area contributed by atoms with Crippen LogP contribution in [0.15, 0.2) is 29.2 Å². The summed E-state index contributed by atoms with van der Waals surface area (Å²) in [6.07, 6.45) is 0. The smallest absolute Gasteiger partial charge is 0.294 e. The number of nitrogens with zero attached hydrogens (tertiary/aromatic N) is 3. The first kappa shape index (κ1) is 16.1. The van der Waals surface area contributed by atoms with Crippen LogP contribution in [0.2, 0.25) is 0 Å². The second-order valence-corrected chi connectivity index (χ2v) is 5.76. The van der Waals surface area contributed by atoms with Crippen LogP contribution in [-0.4, -0.2) is 34.5 Å². The second-order valence-electron chi connectivity index (χ2n) is 4.34. The molecule has 0 spiro atoms. The summed E-state index contributed by atoms with van der Waals surface area (Å²) in [7, 11) is -4.27. The van der Waals surface area contributed by atoms with Crippen molar-refractivity contribution in [2.45, 2.75) is 18.4 Å². The summed E-state index contributed by atoms with van der Waals surface area (Å²) in [5.41, 5.74) is 6.02. The van der Waals surface area contributed by atoms with E-state index < -0.39 is 10.1 Å². The lowest BCUT2D eigenvalue weighted by Crippen LogP contribution is -2.16. The lowest BCUT2D eigenvalue weighted by atomic mass is 10.3. The van der Waals surface area contributed by atoms with Gasteiger partial charge in [-0.2, -0.15) is 23.4 Å². The van der Waals surface area contributed by atoms with Gasteiger partial charge < -0.3 is 16.4 Å². The Morgan fingerprint density at radius 1 is 1.27 bits per heavy atom. The maximum absolute atomic E-state index is 11.1. The number of nitrogens with two attached hydrogens (primary N) is 1. The number of rotatable bonds is 6. The van der Waals surface area contributed by atoms with Gasteiger partial charge in [-0.15, -0.1) is 0 Å². The molecule has 118 valence electrons. The van der Waals surface area contributed by atoms with Gasteiger partial charge in [0.25, 0.3) is 10.1 Å². The molecule has 0 fully saturated rings. The van der Waals surface area contributed by atoms with E-state index in [1.807, 2.05) is 6.92 Å². The van der Waals surface area contributed by atoms with Gasteiger partial charge in [0.05, 0.1) is 11.4 Å². The van der Waals surface area contributed by atoms with Crippen molar-refractivity contribution >= 4 is 27.7 Å². The van der Waals surface area contributed by atoms with E-state index in [0.717, 1.165) is 6.54 Å². The summed E-state index contributed by atoms with van der Waals surface area (Å²) in [5.74, 6) is 0.701. The SMILES string of the molecule is CCNCc1nc(N)nc(Nc2cccc(S(=O)(=O)O)c2)n1. The summed E-state index contributed by atoms with van der Waals surface area (Å²) in [6, 6.07) is 5.63. The van der Waals surface area contributed by atoms with E-state index >= 15 is 0 Å². The Morgan fingerprint density at radius 2 is 2.05 bits per heavy atom. The number of hydrogen-bond acceptors (Lipinski definition) is 8. The van der Waals surface area contributed by atoms with Crippen LogP contribution in [0.3, 0.4) is 0 Å². The fourth-order valence-electron chi connectivity index (χ4n) is 1.67. The number of nitrogens with one attached hydrogen (secondary N) is 2. The number of anilines is 3. The zero-order valence-electron chi connectivity index (χ0n) is 11.8. The van der Waals surface area contributed by atoms with Gasteiger partial charge in [0.15, 0.2) is 0 Å². The zero-order valence-corrected chi connectivity index (χ0v) is 12.6. The largest absolute Gasteiger partial charge is 0.368 e. The third-order valence-electron chi connectivity index (χ3n) is 2.62. The predicted octanol–water partition coefficient (Wildman–Crippen LogP) is 0.554. The molecule has 0 radical (unpaired) electrons. The van der Waals surface area contributed by atoms with Crippen LogP contribution in [0.4, 0.5) is 17.6 Å². The number of hydrogen-bond donors (Lipinski definition) is 4. The minimum atomic E-state index is -4.27. The van der Waals surface area contributed by atoms with Crippen LogP contribution >= 0.6 is 0 Å². The van der Waals surface area contributed by atoms with Crippen LogP contribution in [0.5, 0.6) is 0 Å². The van der Waals surface area contributed by atoms with Gasteiger partial charge in [-0.05, 0) is 24.7 Å². The van der Waals surface area contributed by atoms with Crippen molar-refractivity contribution in [1.82, 2.24) is 20.3 Å². The van der Waals surface area contributed by atoms with E-state index in [-0.39, 0.29) is 16.8 Å². The number of nitrogen functional groups attached to an aromatic ring is 1. The molecule has 9 nitrogen and oxygen atoms in total. The van der Waals surface area contributed by atoms with Crippen LogP contribution in [-0.2, 0) is 16.7 Å². The highest BCUT2D eigenvalue weighted by atomic mass is 32.2.